The lowest BCUT2D eigenvalue weighted by molar-refractivity contribution is 0.0690. The van der Waals surface area contributed by atoms with Crippen molar-refractivity contribution in [3.8, 4) is 11.4 Å². The number of rotatable bonds is 2. The number of aromatic nitrogens is 2. The Bertz CT molecular complexity index is 710. The Morgan fingerprint density at radius 1 is 1.20 bits per heavy atom. The molecule has 1 aliphatic carbocycles. The summed E-state index contributed by atoms with van der Waals surface area (Å²) in [4.78, 5) is 30.9. The molecule has 0 radical (unpaired) electrons. The first-order valence-corrected chi connectivity index (χ1v) is 6.38. The van der Waals surface area contributed by atoms with Gasteiger partial charge in [-0.05, 0) is 30.5 Å². The van der Waals surface area contributed by atoms with E-state index in [1.165, 1.54) is 12.3 Å². The van der Waals surface area contributed by atoms with Crippen LogP contribution in [0.5, 0.6) is 0 Å². The fourth-order valence-corrected chi connectivity index (χ4v) is 2.38. The third-order valence-corrected chi connectivity index (χ3v) is 3.39. The zero-order valence-corrected chi connectivity index (χ0v) is 10.7. The summed E-state index contributed by atoms with van der Waals surface area (Å²) in [5.41, 5.74) is 2.36. The first-order chi connectivity index (χ1) is 9.65. The van der Waals surface area contributed by atoms with Crippen LogP contribution in [0.1, 0.15) is 39.3 Å². The molecule has 0 unspecified atom stereocenters. The third-order valence-electron chi connectivity index (χ3n) is 3.39. The van der Waals surface area contributed by atoms with Gasteiger partial charge in [-0.25, -0.2) is 14.8 Å². The van der Waals surface area contributed by atoms with E-state index in [2.05, 4.69) is 9.97 Å². The van der Waals surface area contributed by atoms with E-state index >= 15 is 0 Å². The van der Waals surface area contributed by atoms with Crippen LogP contribution >= 0.6 is 0 Å². The van der Waals surface area contributed by atoms with Crippen LogP contribution in [0.15, 0.2) is 30.5 Å². The van der Waals surface area contributed by atoms with Crippen molar-refractivity contribution in [3.63, 3.8) is 0 Å². The molecule has 0 aliphatic heterocycles. The SMILES string of the molecule is O=C(O)c1ccnc(-c2ccc3c(c2)C(=O)CCC3)n1. The summed E-state index contributed by atoms with van der Waals surface area (Å²) in [5.74, 6) is -0.642. The van der Waals surface area contributed by atoms with E-state index < -0.39 is 5.97 Å². The van der Waals surface area contributed by atoms with Crippen molar-refractivity contribution in [2.45, 2.75) is 19.3 Å². The minimum Gasteiger partial charge on any atom is -0.477 e. The van der Waals surface area contributed by atoms with E-state index in [1.54, 1.807) is 6.07 Å². The fourth-order valence-electron chi connectivity index (χ4n) is 2.38. The van der Waals surface area contributed by atoms with E-state index in [0.29, 0.717) is 23.4 Å². The van der Waals surface area contributed by atoms with Gasteiger partial charge in [0, 0.05) is 23.7 Å². The molecular weight excluding hydrogens is 256 g/mol. The van der Waals surface area contributed by atoms with Gasteiger partial charge in [0.1, 0.15) is 0 Å². The van der Waals surface area contributed by atoms with Gasteiger partial charge in [-0.3, -0.25) is 4.79 Å². The molecule has 0 atom stereocenters. The molecule has 0 fully saturated rings. The Morgan fingerprint density at radius 2 is 2.05 bits per heavy atom. The van der Waals surface area contributed by atoms with E-state index in [-0.39, 0.29) is 11.5 Å². The van der Waals surface area contributed by atoms with Crippen molar-refractivity contribution < 1.29 is 14.7 Å². The molecule has 0 bridgehead atoms. The lowest BCUT2D eigenvalue weighted by Gasteiger charge is -2.15. The topological polar surface area (TPSA) is 80.1 Å². The zero-order chi connectivity index (χ0) is 14.1. The summed E-state index contributed by atoms with van der Waals surface area (Å²) in [6.07, 6.45) is 3.76. The lowest BCUT2D eigenvalue weighted by atomic mass is 9.89. The second kappa shape index (κ2) is 4.85. The van der Waals surface area contributed by atoms with Crippen LogP contribution < -0.4 is 0 Å². The van der Waals surface area contributed by atoms with E-state index in [1.807, 2.05) is 12.1 Å². The van der Waals surface area contributed by atoms with E-state index in [4.69, 9.17) is 5.11 Å². The van der Waals surface area contributed by atoms with Crippen LogP contribution in [0.25, 0.3) is 11.4 Å². The van der Waals surface area contributed by atoms with Gasteiger partial charge in [0.05, 0.1) is 0 Å². The molecule has 3 rings (SSSR count). The highest BCUT2D eigenvalue weighted by molar-refractivity contribution is 5.99. The fraction of sp³-hybridized carbons (Fsp3) is 0.200. The Hall–Kier alpha value is -2.56. The summed E-state index contributed by atoms with van der Waals surface area (Å²) in [6.45, 7) is 0. The molecule has 0 saturated carbocycles. The number of ketones is 1. The Labute approximate surface area is 115 Å². The molecule has 100 valence electrons. The maximum Gasteiger partial charge on any atom is 0.354 e. The van der Waals surface area contributed by atoms with Crippen LogP contribution in [-0.4, -0.2) is 26.8 Å². The summed E-state index contributed by atoms with van der Waals surface area (Å²) in [6, 6.07) is 6.84. The summed E-state index contributed by atoms with van der Waals surface area (Å²) >= 11 is 0. The smallest absolute Gasteiger partial charge is 0.354 e. The van der Waals surface area contributed by atoms with Crippen molar-refractivity contribution >= 4 is 11.8 Å². The van der Waals surface area contributed by atoms with Crippen LogP contribution in [0, 0.1) is 0 Å². The Balaban J connectivity index is 2.07. The van der Waals surface area contributed by atoms with Gasteiger partial charge in [-0.15, -0.1) is 0 Å². The van der Waals surface area contributed by atoms with Crippen LogP contribution in [0.4, 0.5) is 0 Å². The molecule has 1 aromatic heterocycles. The summed E-state index contributed by atoms with van der Waals surface area (Å²) in [5, 5.41) is 8.95. The number of hydrogen-bond acceptors (Lipinski definition) is 4. The number of carboxylic acid groups (broad SMARTS) is 1. The quantitative estimate of drug-likeness (QED) is 0.904. The number of fused-ring (bicyclic) bond motifs is 1. The third kappa shape index (κ3) is 2.18. The van der Waals surface area contributed by atoms with E-state index in [9.17, 15) is 9.59 Å². The Morgan fingerprint density at radius 3 is 2.85 bits per heavy atom. The summed E-state index contributed by atoms with van der Waals surface area (Å²) in [7, 11) is 0. The highest BCUT2D eigenvalue weighted by Crippen LogP contribution is 2.25. The first-order valence-electron chi connectivity index (χ1n) is 6.38. The van der Waals surface area contributed by atoms with Gasteiger partial charge in [-0.2, -0.15) is 0 Å². The number of carboxylic acids is 1. The van der Waals surface area contributed by atoms with Crippen LogP contribution in [0.2, 0.25) is 0 Å². The standard InChI is InChI=1S/C15H12N2O3/c18-13-3-1-2-9-4-5-10(8-11(9)13)14-16-7-6-12(17-14)15(19)20/h4-8H,1-3H2,(H,19,20). The van der Waals surface area contributed by atoms with Crippen molar-refractivity contribution in [1.29, 1.82) is 0 Å². The van der Waals surface area contributed by atoms with Crippen molar-refractivity contribution in [3.05, 3.63) is 47.3 Å². The monoisotopic (exact) mass is 268 g/mol. The van der Waals surface area contributed by atoms with Gasteiger partial charge in [-0.1, -0.05) is 12.1 Å². The van der Waals surface area contributed by atoms with Gasteiger partial charge in [0.15, 0.2) is 17.3 Å². The molecule has 20 heavy (non-hydrogen) atoms. The minimum atomic E-state index is -1.09. The molecular formula is C15H12N2O3. The van der Waals surface area contributed by atoms with Gasteiger partial charge in [0.2, 0.25) is 0 Å². The second-order valence-electron chi connectivity index (χ2n) is 4.72. The average Bonchev–Trinajstić information content (AvgIpc) is 2.47. The molecule has 0 spiro atoms. The number of aryl methyl sites for hydroxylation is 1. The average molecular weight is 268 g/mol. The van der Waals surface area contributed by atoms with Crippen LogP contribution in [-0.2, 0) is 6.42 Å². The number of hydrogen-bond donors (Lipinski definition) is 1. The van der Waals surface area contributed by atoms with Crippen LogP contribution in [0.3, 0.4) is 0 Å². The van der Waals surface area contributed by atoms with Crippen molar-refractivity contribution in [2.75, 3.05) is 0 Å². The highest BCUT2D eigenvalue weighted by atomic mass is 16.4. The lowest BCUT2D eigenvalue weighted by Crippen LogP contribution is -2.11. The number of nitrogens with zero attached hydrogens (tertiary/aromatic N) is 2. The Kier molecular flexibility index (Phi) is 3.02. The normalized spacial score (nSPS) is 13.9. The molecule has 1 heterocycles. The predicted molar refractivity (Wildman–Crippen MR) is 71.7 cm³/mol. The molecule has 1 N–H and O–H groups in total. The maximum atomic E-state index is 11.9. The summed E-state index contributed by atoms with van der Waals surface area (Å²) < 4.78 is 0. The number of Topliss-reactive ketones (excluding diaryl/α,β-unsaturated/α-hetero) is 1. The largest absolute Gasteiger partial charge is 0.477 e. The molecule has 1 aromatic carbocycles. The molecule has 0 amide bonds. The first kappa shape index (κ1) is 12.5. The zero-order valence-electron chi connectivity index (χ0n) is 10.7. The molecule has 0 saturated heterocycles. The van der Waals surface area contributed by atoms with Gasteiger partial charge in [0.25, 0.3) is 0 Å². The van der Waals surface area contributed by atoms with Gasteiger partial charge >= 0.3 is 5.97 Å². The molecule has 2 aromatic rings. The van der Waals surface area contributed by atoms with Crippen molar-refractivity contribution in [1.82, 2.24) is 9.97 Å². The minimum absolute atomic E-state index is 0.0564. The van der Waals surface area contributed by atoms with Crippen molar-refractivity contribution in [2.24, 2.45) is 0 Å². The second-order valence-corrected chi connectivity index (χ2v) is 4.72. The molecule has 5 heteroatoms. The number of carbonyl (C=O) groups excluding carboxylic acids is 1. The number of benzene rings is 1. The molecule has 5 nitrogen and oxygen atoms in total. The van der Waals surface area contributed by atoms with E-state index in [0.717, 1.165) is 18.4 Å². The maximum absolute atomic E-state index is 11.9. The van der Waals surface area contributed by atoms with Gasteiger partial charge < -0.3 is 5.11 Å². The molecule has 1 aliphatic rings. The number of aromatic carboxylic acids is 1. The number of carbonyl (C=O) groups is 2. The highest BCUT2D eigenvalue weighted by Gasteiger charge is 2.18. The predicted octanol–water partition coefficient (Wildman–Crippen LogP) is 2.36.